The molecule has 1 saturated heterocycles. The quantitative estimate of drug-likeness (QED) is 0.721. The molecule has 1 aliphatic rings. The molecule has 1 fully saturated rings. The number of aromatic nitrogens is 2. The van der Waals surface area contributed by atoms with Gasteiger partial charge in [-0.3, -0.25) is 4.79 Å². The third kappa shape index (κ3) is 2.23. The summed E-state index contributed by atoms with van der Waals surface area (Å²) in [5.74, 6) is 0.899. The Morgan fingerprint density at radius 2 is 2.12 bits per heavy atom. The van der Waals surface area contributed by atoms with Crippen LogP contribution in [0.2, 0.25) is 0 Å². The van der Waals surface area contributed by atoms with Crippen LogP contribution in [0.25, 0.3) is 10.9 Å². The van der Waals surface area contributed by atoms with Gasteiger partial charge in [0.1, 0.15) is 5.76 Å². The Kier molecular flexibility index (Phi) is 3.44. The molecule has 1 aromatic carbocycles. The molecule has 3 heterocycles. The highest BCUT2D eigenvalue weighted by atomic mass is 16.5. The predicted molar refractivity (Wildman–Crippen MR) is 91.9 cm³/mol. The van der Waals surface area contributed by atoms with E-state index in [0.717, 1.165) is 52.9 Å². The summed E-state index contributed by atoms with van der Waals surface area (Å²) in [7, 11) is 2.00. The Morgan fingerprint density at radius 1 is 1.29 bits per heavy atom. The van der Waals surface area contributed by atoms with E-state index >= 15 is 0 Å². The zero-order chi connectivity index (χ0) is 16.8. The van der Waals surface area contributed by atoms with E-state index in [2.05, 4.69) is 11.2 Å². The summed E-state index contributed by atoms with van der Waals surface area (Å²) in [6, 6.07) is 8.05. The molecule has 0 saturated carbocycles. The number of hydrogen-bond acceptors (Lipinski definition) is 3. The first-order valence-corrected chi connectivity index (χ1v) is 8.35. The fourth-order valence-corrected chi connectivity index (χ4v) is 3.84. The van der Waals surface area contributed by atoms with E-state index in [0.29, 0.717) is 0 Å². The van der Waals surface area contributed by atoms with Crippen LogP contribution < -0.4 is 0 Å². The number of aryl methyl sites for hydroxylation is 3. The van der Waals surface area contributed by atoms with Gasteiger partial charge >= 0.3 is 0 Å². The van der Waals surface area contributed by atoms with Crippen LogP contribution in [0.1, 0.15) is 46.3 Å². The molecule has 0 radical (unpaired) electrons. The topological polar surface area (TPSA) is 51.3 Å². The molecule has 1 unspecified atom stereocenters. The molecule has 0 N–H and O–H groups in total. The van der Waals surface area contributed by atoms with Crippen molar-refractivity contribution in [3.63, 3.8) is 0 Å². The smallest absolute Gasteiger partial charge is 0.254 e. The number of carbonyl (C=O) groups is 1. The van der Waals surface area contributed by atoms with Crippen LogP contribution in [0.4, 0.5) is 0 Å². The highest BCUT2D eigenvalue weighted by Crippen LogP contribution is 2.36. The Morgan fingerprint density at radius 3 is 2.88 bits per heavy atom. The number of rotatable bonds is 2. The highest BCUT2D eigenvalue weighted by molar-refractivity contribution is 5.98. The first-order valence-electron chi connectivity index (χ1n) is 8.35. The second kappa shape index (κ2) is 5.51. The molecule has 1 atom stereocenters. The minimum atomic E-state index is 0.0628. The Hall–Kier alpha value is -2.56. The lowest BCUT2D eigenvalue weighted by atomic mass is 10.0. The predicted octanol–water partition coefficient (Wildman–Crippen LogP) is 3.76. The van der Waals surface area contributed by atoms with E-state index in [9.17, 15) is 4.79 Å². The Labute approximate surface area is 140 Å². The second-order valence-corrected chi connectivity index (χ2v) is 6.59. The molecule has 24 heavy (non-hydrogen) atoms. The van der Waals surface area contributed by atoms with Gasteiger partial charge in [0.05, 0.1) is 11.7 Å². The summed E-state index contributed by atoms with van der Waals surface area (Å²) in [4.78, 5) is 15.1. The summed E-state index contributed by atoms with van der Waals surface area (Å²) >= 11 is 0. The molecule has 5 nitrogen and oxygen atoms in total. The van der Waals surface area contributed by atoms with Gasteiger partial charge in [0, 0.05) is 36.4 Å². The molecule has 4 rings (SSSR count). The first-order chi connectivity index (χ1) is 11.6. The minimum absolute atomic E-state index is 0.0628. The van der Waals surface area contributed by atoms with Gasteiger partial charge in [0.2, 0.25) is 0 Å². The monoisotopic (exact) mass is 323 g/mol. The van der Waals surface area contributed by atoms with Crippen LogP contribution in [0, 0.1) is 13.8 Å². The Bertz CT molecular complexity index is 902. The van der Waals surface area contributed by atoms with Crippen LogP contribution in [0.3, 0.4) is 0 Å². The maximum atomic E-state index is 13.1. The van der Waals surface area contributed by atoms with Gasteiger partial charge < -0.3 is 14.0 Å². The average Bonchev–Trinajstić information content (AvgIpc) is 3.27. The number of carbonyl (C=O) groups excluding carboxylic acids is 1. The van der Waals surface area contributed by atoms with Crippen LogP contribution in [-0.4, -0.2) is 27.1 Å². The number of fused-ring (bicyclic) bond motifs is 1. The second-order valence-electron chi connectivity index (χ2n) is 6.59. The van der Waals surface area contributed by atoms with Gasteiger partial charge in [-0.25, -0.2) is 0 Å². The number of likely N-dealkylation sites (tertiary alicyclic amines) is 1. The van der Waals surface area contributed by atoms with Gasteiger partial charge in [-0.1, -0.05) is 11.2 Å². The van der Waals surface area contributed by atoms with Crippen LogP contribution in [0.5, 0.6) is 0 Å². The van der Waals surface area contributed by atoms with Crippen molar-refractivity contribution in [2.75, 3.05) is 6.54 Å². The number of benzene rings is 1. The number of amides is 1. The molecular weight excluding hydrogens is 302 g/mol. The van der Waals surface area contributed by atoms with Crippen molar-refractivity contribution >= 4 is 16.8 Å². The van der Waals surface area contributed by atoms with Crippen LogP contribution in [-0.2, 0) is 7.05 Å². The fourth-order valence-electron chi connectivity index (χ4n) is 3.84. The maximum absolute atomic E-state index is 13.1. The summed E-state index contributed by atoms with van der Waals surface area (Å²) in [6.07, 6.45) is 3.98. The molecule has 0 bridgehead atoms. The largest absolute Gasteiger partial charge is 0.361 e. The maximum Gasteiger partial charge on any atom is 0.254 e. The van der Waals surface area contributed by atoms with Crippen LogP contribution >= 0.6 is 0 Å². The molecule has 0 aliphatic carbocycles. The summed E-state index contributed by atoms with van der Waals surface area (Å²) in [5, 5.41) is 5.21. The molecular formula is C19H21N3O2. The SMILES string of the molecule is Cc1noc(C)c1C1CCCN1C(=O)c1ccc2ccn(C)c2c1. The van der Waals surface area contributed by atoms with Gasteiger partial charge in [-0.15, -0.1) is 0 Å². The minimum Gasteiger partial charge on any atom is -0.361 e. The van der Waals surface area contributed by atoms with Crippen molar-refractivity contribution in [1.82, 2.24) is 14.6 Å². The summed E-state index contributed by atoms with van der Waals surface area (Å²) < 4.78 is 7.36. The van der Waals surface area contributed by atoms with E-state index in [-0.39, 0.29) is 11.9 Å². The fraction of sp³-hybridized carbons (Fsp3) is 0.368. The third-order valence-electron chi connectivity index (χ3n) is 5.07. The average molecular weight is 323 g/mol. The van der Waals surface area contributed by atoms with Crippen molar-refractivity contribution in [1.29, 1.82) is 0 Å². The van der Waals surface area contributed by atoms with Gasteiger partial charge in [-0.05, 0) is 50.3 Å². The zero-order valence-corrected chi connectivity index (χ0v) is 14.2. The first kappa shape index (κ1) is 15.0. The molecule has 1 amide bonds. The van der Waals surface area contributed by atoms with E-state index in [4.69, 9.17) is 4.52 Å². The molecule has 0 spiro atoms. The van der Waals surface area contributed by atoms with E-state index in [1.807, 2.05) is 54.8 Å². The zero-order valence-electron chi connectivity index (χ0n) is 14.2. The summed E-state index contributed by atoms with van der Waals surface area (Å²) in [5.41, 5.74) is 3.77. The summed E-state index contributed by atoms with van der Waals surface area (Å²) in [6.45, 7) is 4.65. The van der Waals surface area contributed by atoms with Crippen molar-refractivity contribution < 1.29 is 9.32 Å². The van der Waals surface area contributed by atoms with Gasteiger partial charge in [0.15, 0.2) is 0 Å². The lowest BCUT2D eigenvalue weighted by molar-refractivity contribution is 0.0735. The Balaban J connectivity index is 1.70. The van der Waals surface area contributed by atoms with Crippen LogP contribution in [0.15, 0.2) is 35.0 Å². The van der Waals surface area contributed by atoms with Gasteiger partial charge in [0.25, 0.3) is 5.91 Å². The standard InChI is InChI=1S/C19H21N3O2/c1-12-18(13(2)24-20-12)16-5-4-9-22(16)19(23)15-7-6-14-8-10-21(3)17(14)11-15/h6-8,10-11,16H,4-5,9H2,1-3H3. The lowest BCUT2D eigenvalue weighted by Crippen LogP contribution is -2.31. The lowest BCUT2D eigenvalue weighted by Gasteiger charge is -2.25. The molecule has 2 aromatic heterocycles. The van der Waals surface area contributed by atoms with Crippen molar-refractivity contribution in [3.8, 4) is 0 Å². The third-order valence-corrected chi connectivity index (χ3v) is 5.07. The molecule has 124 valence electrons. The van der Waals surface area contributed by atoms with E-state index in [1.54, 1.807) is 0 Å². The molecule has 5 heteroatoms. The van der Waals surface area contributed by atoms with Crippen molar-refractivity contribution in [3.05, 3.63) is 53.0 Å². The van der Waals surface area contributed by atoms with E-state index < -0.39 is 0 Å². The van der Waals surface area contributed by atoms with Crippen molar-refractivity contribution in [2.45, 2.75) is 32.7 Å². The number of hydrogen-bond donors (Lipinski definition) is 0. The molecule has 3 aromatic rings. The molecule has 1 aliphatic heterocycles. The van der Waals surface area contributed by atoms with E-state index in [1.165, 1.54) is 0 Å². The number of nitrogens with zero attached hydrogens (tertiary/aromatic N) is 3. The van der Waals surface area contributed by atoms with Crippen molar-refractivity contribution in [2.24, 2.45) is 7.05 Å². The normalized spacial score (nSPS) is 17.8. The highest BCUT2D eigenvalue weighted by Gasteiger charge is 2.34. The van der Waals surface area contributed by atoms with Gasteiger partial charge in [-0.2, -0.15) is 0 Å².